The number of rotatable bonds is 5. The SMILES string of the molecule is Cc1cc(CSc2ncccc2C(=O)Nc2ccccc2)no1. The molecular formula is C17H15N3O2S. The van der Waals surface area contributed by atoms with Crippen LogP contribution in [0.5, 0.6) is 0 Å². The highest BCUT2D eigenvalue weighted by atomic mass is 32.2. The molecule has 0 aliphatic heterocycles. The molecule has 23 heavy (non-hydrogen) atoms. The van der Waals surface area contributed by atoms with Gasteiger partial charge in [-0.3, -0.25) is 4.79 Å². The van der Waals surface area contributed by atoms with Gasteiger partial charge in [-0.2, -0.15) is 0 Å². The third kappa shape index (κ3) is 3.98. The number of nitrogens with zero attached hydrogens (tertiary/aromatic N) is 2. The second-order valence-corrected chi connectivity index (χ2v) is 5.86. The van der Waals surface area contributed by atoms with Crippen molar-refractivity contribution >= 4 is 23.4 Å². The average molecular weight is 325 g/mol. The number of para-hydroxylation sites is 1. The van der Waals surface area contributed by atoms with Crippen molar-refractivity contribution in [3.8, 4) is 0 Å². The number of anilines is 1. The summed E-state index contributed by atoms with van der Waals surface area (Å²) in [5, 5.41) is 7.49. The smallest absolute Gasteiger partial charge is 0.258 e. The Morgan fingerprint density at radius 3 is 2.78 bits per heavy atom. The minimum Gasteiger partial charge on any atom is -0.361 e. The maximum atomic E-state index is 12.5. The van der Waals surface area contributed by atoms with Gasteiger partial charge in [-0.25, -0.2) is 4.98 Å². The number of thioether (sulfide) groups is 1. The van der Waals surface area contributed by atoms with E-state index in [0.29, 0.717) is 16.3 Å². The summed E-state index contributed by atoms with van der Waals surface area (Å²) in [7, 11) is 0. The molecule has 2 aromatic heterocycles. The second kappa shape index (κ2) is 7.11. The molecule has 0 spiro atoms. The molecule has 0 fully saturated rings. The number of amides is 1. The van der Waals surface area contributed by atoms with Gasteiger partial charge in [0.05, 0.1) is 11.3 Å². The van der Waals surface area contributed by atoms with E-state index < -0.39 is 0 Å². The largest absolute Gasteiger partial charge is 0.361 e. The molecule has 116 valence electrons. The third-order valence-electron chi connectivity index (χ3n) is 3.08. The van der Waals surface area contributed by atoms with Crippen molar-refractivity contribution in [2.24, 2.45) is 0 Å². The van der Waals surface area contributed by atoms with Gasteiger partial charge in [0.25, 0.3) is 5.91 Å². The number of carbonyl (C=O) groups excluding carboxylic acids is 1. The molecule has 0 aliphatic rings. The lowest BCUT2D eigenvalue weighted by atomic mass is 10.2. The molecule has 0 atom stereocenters. The Morgan fingerprint density at radius 1 is 1.22 bits per heavy atom. The highest BCUT2D eigenvalue weighted by Crippen LogP contribution is 2.24. The van der Waals surface area contributed by atoms with E-state index in [-0.39, 0.29) is 5.91 Å². The summed E-state index contributed by atoms with van der Waals surface area (Å²) in [6, 6.07) is 14.7. The van der Waals surface area contributed by atoms with Crippen LogP contribution in [0.2, 0.25) is 0 Å². The van der Waals surface area contributed by atoms with Gasteiger partial charge < -0.3 is 9.84 Å². The van der Waals surface area contributed by atoms with E-state index in [0.717, 1.165) is 17.1 Å². The second-order valence-electron chi connectivity index (χ2n) is 4.89. The molecule has 5 nitrogen and oxygen atoms in total. The first kappa shape index (κ1) is 15.3. The molecule has 3 rings (SSSR count). The molecule has 1 N–H and O–H groups in total. The van der Waals surface area contributed by atoms with Gasteiger partial charge >= 0.3 is 0 Å². The number of aromatic nitrogens is 2. The molecule has 1 amide bonds. The molecule has 0 saturated carbocycles. The van der Waals surface area contributed by atoms with E-state index in [9.17, 15) is 4.79 Å². The van der Waals surface area contributed by atoms with Gasteiger partial charge in [0.2, 0.25) is 0 Å². The predicted molar refractivity (Wildman–Crippen MR) is 89.4 cm³/mol. The monoisotopic (exact) mass is 325 g/mol. The van der Waals surface area contributed by atoms with Crippen molar-refractivity contribution in [1.29, 1.82) is 0 Å². The maximum absolute atomic E-state index is 12.5. The summed E-state index contributed by atoms with van der Waals surface area (Å²) < 4.78 is 5.05. The molecule has 0 bridgehead atoms. The fourth-order valence-electron chi connectivity index (χ4n) is 2.03. The molecule has 0 unspecified atom stereocenters. The van der Waals surface area contributed by atoms with Crippen LogP contribution in [0, 0.1) is 6.92 Å². The van der Waals surface area contributed by atoms with E-state index in [4.69, 9.17) is 4.52 Å². The van der Waals surface area contributed by atoms with Crippen LogP contribution >= 0.6 is 11.8 Å². The highest BCUT2D eigenvalue weighted by Gasteiger charge is 2.13. The fraction of sp³-hybridized carbons (Fsp3) is 0.118. The average Bonchev–Trinajstić information content (AvgIpc) is 2.99. The molecule has 6 heteroatoms. The van der Waals surface area contributed by atoms with Gasteiger partial charge in [0.15, 0.2) is 0 Å². The Bertz CT molecular complexity index is 802. The van der Waals surface area contributed by atoms with Gasteiger partial charge in [-0.15, -0.1) is 0 Å². The zero-order valence-electron chi connectivity index (χ0n) is 12.5. The van der Waals surface area contributed by atoms with Gasteiger partial charge in [0, 0.05) is 23.7 Å². The van der Waals surface area contributed by atoms with Crippen molar-refractivity contribution in [2.75, 3.05) is 5.32 Å². The predicted octanol–water partition coefficient (Wildman–Crippen LogP) is 3.92. The molecule has 1 aromatic carbocycles. The summed E-state index contributed by atoms with van der Waals surface area (Å²) in [6.45, 7) is 1.85. The third-order valence-corrected chi connectivity index (χ3v) is 4.12. The van der Waals surface area contributed by atoms with Gasteiger partial charge in [-0.05, 0) is 31.2 Å². The lowest BCUT2D eigenvalue weighted by Gasteiger charge is -2.08. The maximum Gasteiger partial charge on any atom is 0.258 e. The topological polar surface area (TPSA) is 68.0 Å². The van der Waals surface area contributed by atoms with Crippen molar-refractivity contribution in [3.05, 3.63) is 71.7 Å². The lowest BCUT2D eigenvalue weighted by Crippen LogP contribution is -2.13. The van der Waals surface area contributed by atoms with Crippen LogP contribution in [0.3, 0.4) is 0 Å². The molecule has 2 heterocycles. The summed E-state index contributed by atoms with van der Waals surface area (Å²) in [5.41, 5.74) is 2.12. The number of pyridine rings is 1. The number of hydrogen-bond acceptors (Lipinski definition) is 5. The summed E-state index contributed by atoms with van der Waals surface area (Å²) in [5.74, 6) is 1.19. The van der Waals surface area contributed by atoms with Crippen molar-refractivity contribution in [1.82, 2.24) is 10.1 Å². The van der Waals surface area contributed by atoms with Crippen LogP contribution in [0.15, 0.2) is 64.3 Å². The molecule has 0 radical (unpaired) electrons. The minimum atomic E-state index is -0.178. The summed E-state index contributed by atoms with van der Waals surface area (Å²) >= 11 is 1.46. The highest BCUT2D eigenvalue weighted by molar-refractivity contribution is 7.98. The summed E-state index contributed by atoms with van der Waals surface area (Å²) in [6.07, 6.45) is 1.68. The van der Waals surface area contributed by atoms with Crippen LogP contribution in [-0.2, 0) is 5.75 Å². The van der Waals surface area contributed by atoms with Crippen molar-refractivity contribution < 1.29 is 9.32 Å². The lowest BCUT2D eigenvalue weighted by molar-refractivity contribution is 0.102. The van der Waals surface area contributed by atoms with Crippen molar-refractivity contribution in [2.45, 2.75) is 17.7 Å². The van der Waals surface area contributed by atoms with Crippen LogP contribution in [-0.4, -0.2) is 16.0 Å². The Balaban J connectivity index is 1.73. The molecule has 0 aliphatic carbocycles. The first-order valence-electron chi connectivity index (χ1n) is 7.09. The number of aryl methyl sites for hydroxylation is 1. The minimum absolute atomic E-state index is 0.178. The Kier molecular flexibility index (Phi) is 4.73. The van der Waals surface area contributed by atoms with E-state index >= 15 is 0 Å². The number of hydrogen-bond donors (Lipinski definition) is 1. The van der Waals surface area contributed by atoms with Crippen molar-refractivity contribution in [3.63, 3.8) is 0 Å². The van der Waals surface area contributed by atoms with E-state index in [2.05, 4.69) is 15.5 Å². The Morgan fingerprint density at radius 2 is 2.04 bits per heavy atom. The normalized spacial score (nSPS) is 10.5. The zero-order valence-corrected chi connectivity index (χ0v) is 13.3. The van der Waals surface area contributed by atoms with E-state index in [1.54, 1.807) is 18.3 Å². The zero-order chi connectivity index (χ0) is 16.1. The Labute approximate surface area is 138 Å². The first-order chi connectivity index (χ1) is 11.2. The first-order valence-corrected chi connectivity index (χ1v) is 8.07. The summed E-state index contributed by atoms with van der Waals surface area (Å²) in [4.78, 5) is 16.8. The van der Waals surface area contributed by atoms with E-state index in [1.807, 2.05) is 43.3 Å². The Hall–Kier alpha value is -2.60. The number of nitrogens with one attached hydrogen (secondary N) is 1. The van der Waals surface area contributed by atoms with Gasteiger partial charge in [-0.1, -0.05) is 35.1 Å². The van der Waals surface area contributed by atoms with Gasteiger partial charge in [0.1, 0.15) is 10.8 Å². The standard InChI is InChI=1S/C17H15N3O2S/c1-12-10-14(20-22-12)11-23-17-15(8-5-9-18-17)16(21)19-13-6-3-2-4-7-13/h2-10H,11H2,1H3,(H,19,21). The fourth-order valence-corrected chi connectivity index (χ4v) is 2.90. The quantitative estimate of drug-likeness (QED) is 0.720. The van der Waals surface area contributed by atoms with Crippen LogP contribution in [0.25, 0.3) is 0 Å². The van der Waals surface area contributed by atoms with Crippen LogP contribution < -0.4 is 5.32 Å². The number of benzene rings is 1. The van der Waals surface area contributed by atoms with Crippen LogP contribution in [0.1, 0.15) is 21.8 Å². The van der Waals surface area contributed by atoms with Crippen LogP contribution in [0.4, 0.5) is 5.69 Å². The molecule has 0 saturated heterocycles. The number of carbonyl (C=O) groups is 1. The molecule has 3 aromatic rings. The molecular weight excluding hydrogens is 310 g/mol. The van der Waals surface area contributed by atoms with E-state index in [1.165, 1.54) is 11.8 Å².